The smallest absolute Gasteiger partial charge is 0.211 e. The summed E-state index contributed by atoms with van der Waals surface area (Å²) in [7, 11) is -1.51. The summed E-state index contributed by atoms with van der Waals surface area (Å²) in [6.45, 7) is 3.87. The van der Waals surface area contributed by atoms with E-state index >= 15 is 0 Å². The third-order valence-corrected chi connectivity index (χ3v) is 7.14. The van der Waals surface area contributed by atoms with Gasteiger partial charge in [-0.05, 0) is 36.2 Å². The minimum Gasteiger partial charge on any atom is -0.497 e. The molecular weight excluding hydrogens is 444 g/mol. The molecule has 0 aliphatic carbocycles. The predicted octanol–water partition coefficient (Wildman–Crippen LogP) is 2.81. The van der Waals surface area contributed by atoms with Crippen molar-refractivity contribution in [2.75, 3.05) is 52.7 Å². The molecule has 1 aliphatic heterocycles. The van der Waals surface area contributed by atoms with Crippen LogP contribution in [0, 0.1) is 0 Å². The monoisotopic (exact) mass is 472 g/mol. The molecule has 0 N–H and O–H groups in total. The largest absolute Gasteiger partial charge is 0.497 e. The molecule has 1 aromatic heterocycles. The van der Waals surface area contributed by atoms with Gasteiger partial charge in [0.25, 0.3) is 0 Å². The standard InChI is InChI=1S/C24H28N2O6S/c1-30-19-6-4-18(5-7-19)22-17-32-23-16-20(8-9-21(23)24(22)27)31-15-3-10-25-11-13-26(14-12-25)33(2,28)29/h4-9,16-17H,3,10-15H2,1-2H3. The van der Waals surface area contributed by atoms with Crippen molar-refractivity contribution in [3.8, 4) is 22.6 Å². The molecule has 8 nitrogen and oxygen atoms in total. The van der Waals surface area contributed by atoms with Crippen LogP contribution >= 0.6 is 0 Å². The summed E-state index contributed by atoms with van der Waals surface area (Å²) in [5.41, 5.74) is 1.65. The maximum Gasteiger partial charge on any atom is 0.211 e. The molecule has 9 heteroatoms. The molecule has 1 saturated heterocycles. The SMILES string of the molecule is COc1ccc(-c2coc3cc(OCCCN4CCN(S(C)(=O)=O)CC4)ccc3c2=O)cc1. The van der Waals surface area contributed by atoms with Crippen LogP contribution in [0.15, 0.2) is 57.9 Å². The lowest BCUT2D eigenvalue weighted by molar-refractivity contribution is 0.175. The highest BCUT2D eigenvalue weighted by molar-refractivity contribution is 7.88. The third-order valence-electron chi connectivity index (χ3n) is 5.83. The summed E-state index contributed by atoms with van der Waals surface area (Å²) < 4.78 is 41.5. The van der Waals surface area contributed by atoms with E-state index in [4.69, 9.17) is 13.9 Å². The summed E-state index contributed by atoms with van der Waals surface area (Å²) in [6, 6.07) is 12.5. The van der Waals surface area contributed by atoms with E-state index in [0.29, 0.717) is 42.0 Å². The minimum atomic E-state index is -3.11. The van der Waals surface area contributed by atoms with Crippen LogP contribution in [0.3, 0.4) is 0 Å². The molecular formula is C24H28N2O6S. The number of nitrogens with zero attached hydrogens (tertiary/aromatic N) is 2. The first-order valence-electron chi connectivity index (χ1n) is 10.9. The van der Waals surface area contributed by atoms with Crippen molar-refractivity contribution in [2.24, 2.45) is 0 Å². The second-order valence-corrected chi connectivity index (χ2v) is 10.1. The normalized spacial score (nSPS) is 15.6. The minimum absolute atomic E-state index is 0.0961. The van der Waals surface area contributed by atoms with Gasteiger partial charge < -0.3 is 18.8 Å². The van der Waals surface area contributed by atoms with Gasteiger partial charge in [-0.2, -0.15) is 4.31 Å². The van der Waals surface area contributed by atoms with E-state index in [2.05, 4.69) is 4.90 Å². The van der Waals surface area contributed by atoms with Crippen LogP contribution in [0.25, 0.3) is 22.1 Å². The van der Waals surface area contributed by atoms with Crippen LogP contribution in [0.1, 0.15) is 6.42 Å². The number of fused-ring (bicyclic) bond motifs is 1. The van der Waals surface area contributed by atoms with Gasteiger partial charge in [-0.25, -0.2) is 8.42 Å². The fourth-order valence-corrected chi connectivity index (χ4v) is 4.76. The second kappa shape index (κ2) is 9.94. The van der Waals surface area contributed by atoms with Gasteiger partial charge in [0.15, 0.2) is 5.43 Å². The lowest BCUT2D eigenvalue weighted by Crippen LogP contribution is -2.48. The number of benzene rings is 2. The summed E-state index contributed by atoms with van der Waals surface area (Å²) in [5.74, 6) is 1.37. The van der Waals surface area contributed by atoms with Gasteiger partial charge in [-0.3, -0.25) is 4.79 Å². The highest BCUT2D eigenvalue weighted by Crippen LogP contribution is 2.24. The van der Waals surface area contributed by atoms with E-state index in [1.807, 2.05) is 24.3 Å². The number of sulfonamides is 1. The van der Waals surface area contributed by atoms with Crippen LogP contribution in [-0.2, 0) is 10.0 Å². The average molecular weight is 473 g/mol. The van der Waals surface area contributed by atoms with Crippen molar-refractivity contribution in [3.05, 3.63) is 59.0 Å². The Morgan fingerprint density at radius 3 is 2.36 bits per heavy atom. The van der Waals surface area contributed by atoms with Gasteiger partial charge in [-0.1, -0.05) is 12.1 Å². The molecule has 2 heterocycles. The van der Waals surface area contributed by atoms with Gasteiger partial charge in [0.2, 0.25) is 10.0 Å². The zero-order chi connectivity index (χ0) is 23.4. The predicted molar refractivity (Wildman–Crippen MR) is 127 cm³/mol. The van der Waals surface area contributed by atoms with E-state index in [9.17, 15) is 13.2 Å². The van der Waals surface area contributed by atoms with Crippen molar-refractivity contribution >= 4 is 21.0 Å². The summed E-state index contributed by atoms with van der Waals surface area (Å²) in [4.78, 5) is 15.2. The highest BCUT2D eigenvalue weighted by Gasteiger charge is 2.22. The van der Waals surface area contributed by atoms with Crippen LogP contribution < -0.4 is 14.9 Å². The number of hydrogen-bond donors (Lipinski definition) is 0. The van der Waals surface area contributed by atoms with Crippen molar-refractivity contribution in [3.63, 3.8) is 0 Å². The Morgan fingerprint density at radius 1 is 1.00 bits per heavy atom. The van der Waals surface area contributed by atoms with Crippen molar-refractivity contribution in [2.45, 2.75) is 6.42 Å². The first kappa shape index (κ1) is 23.3. The number of methoxy groups -OCH3 is 1. The maximum absolute atomic E-state index is 12.9. The topological polar surface area (TPSA) is 89.3 Å². The first-order chi connectivity index (χ1) is 15.8. The Morgan fingerprint density at radius 2 is 1.70 bits per heavy atom. The zero-order valence-corrected chi connectivity index (χ0v) is 19.6. The van der Waals surface area contributed by atoms with E-state index < -0.39 is 10.0 Å². The van der Waals surface area contributed by atoms with Crippen molar-refractivity contribution < 1.29 is 22.3 Å². The van der Waals surface area contributed by atoms with Gasteiger partial charge in [0, 0.05) is 38.8 Å². The first-order valence-corrected chi connectivity index (χ1v) is 12.7. The fourth-order valence-electron chi connectivity index (χ4n) is 3.93. The van der Waals surface area contributed by atoms with E-state index in [1.54, 1.807) is 25.3 Å². The summed E-state index contributed by atoms with van der Waals surface area (Å²) in [6.07, 6.45) is 3.55. The van der Waals surface area contributed by atoms with E-state index in [-0.39, 0.29) is 5.43 Å². The van der Waals surface area contributed by atoms with Crippen molar-refractivity contribution in [1.29, 1.82) is 0 Å². The van der Waals surface area contributed by atoms with Crippen LogP contribution in [0.4, 0.5) is 0 Å². The van der Waals surface area contributed by atoms with E-state index in [1.165, 1.54) is 16.8 Å². The molecule has 0 atom stereocenters. The third kappa shape index (κ3) is 5.55. The van der Waals surface area contributed by atoms with E-state index in [0.717, 1.165) is 37.4 Å². The Bertz CT molecular complexity index is 1260. The molecule has 0 saturated carbocycles. The molecule has 0 bridgehead atoms. The zero-order valence-electron chi connectivity index (χ0n) is 18.8. The molecule has 0 amide bonds. The van der Waals surface area contributed by atoms with Crippen LogP contribution in [0.2, 0.25) is 0 Å². The average Bonchev–Trinajstić information content (AvgIpc) is 2.82. The molecule has 0 radical (unpaired) electrons. The molecule has 0 spiro atoms. The molecule has 3 aromatic rings. The Balaban J connectivity index is 1.33. The van der Waals surface area contributed by atoms with Gasteiger partial charge in [-0.15, -0.1) is 0 Å². The highest BCUT2D eigenvalue weighted by atomic mass is 32.2. The second-order valence-electron chi connectivity index (χ2n) is 8.07. The summed E-state index contributed by atoms with van der Waals surface area (Å²) >= 11 is 0. The molecule has 176 valence electrons. The Kier molecular flexibility index (Phi) is 7.02. The quantitative estimate of drug-likeness (QED) is 0.466. The van der Waals surface area contributed by atoms with Crippen LogP contribution in [0.5, 0.6) is 11.5 Å². The van der Waals surface area contributed by atoms with Gasteiger partial charge in [0.1, 0.15) is 23.3 Å². The van der Waals surface area contributed by atoms with Gasteiger partial charge >= 0.3 is 0 Å². The Hall–Kier alpha value is -2.88. The molecule has 2 aromatic carbocycles. The number of ether oxygens (including phenoxy) is 2. The molecule has 33 heavy (non-hydrogen) atoms. The molecule has 4 rings (SSSR count). The van der Waals surface area contributed by atoms with Crippen LogP contribution in [-0.4, -0.2) is 70.3 Å². The maximum atomic E-state index is 12.9. The molecule has 1 fully saturated rings. The van der Waals surface area contributed by atoms with Gasteiger partial charge in [0.05, 0.1) is 30.9 Å². The lowest BCUT2D eigenvalue weighted by atomic mass is 10.1. The summed E-state index contributed by atoms with van der Waals surface area (Å²) in [5, 5.41) is 0.499. The fraction of sp³-hybridized carbons (Fsp3) is 0.375. The number of hydrogen-bond acceptors (Lipinski definition) is 7. The number of piperazine rings is 1. The Labute approximate surface area is 193 Å². The number of rotatable bonds is 8. The molecule has 1 aliphatic rings. The lowest BCUT2D eigenvalue weighted by Gasteiger charge is -2.33. The van der Waals surface area contributed by atoms with Crippen molar-refractivity contribution in [1.82, 2.24) is 9.21 Å². The molecule has 0 unspecified atom stereocenters.